The van der Waals surface area contributed by atoms with Crippen LogP contribution in [0.15, 0.2) is 60.7 Å². The summed E-state index contributed by atoms with van der Waals surface area (Å²) in [6, 6.07) is 15.1. The smallest absolute Gasteiger partial charge is 0.336 e. The molecule has 0 unspecified atom stereocenters. The Morgan fingerprint density at radius 2 is 1.39 bits per heavy atom. The van der Waals surface area contributed by atoms with E-state index in [4.69, 9.17) is 10.2 Å². The number of carbonyl (C=O) groups excluding carboxylic acids is 1. The Kier molecular flexibility index (Phi) is 5.04. The van der Waals surface area contributed by atoms with E-state index in [-0.39, 0.29) is 23.3 Å². The molecule has 0 radical (unpaired) electrons. The van der Waals surface area contributed by atoms with Gasteiger partial charge in [0.05, 0.1) is 5.57 Å². The summed E-state index contributed by atoms with van der Waals surface area (Å²) in [6.45, 7) is 0. The van der Waals surface area contributed by atoms with Crippen LogP contribution in [-0.4, -0.2) is 27.9 Å². The molecule has 0 aliphatic rings. The van der Waals surface area contributed by atoms with Crippen LogP contribution < -0.4 is 0 Å². The number of carboxylic acids is 2. The molecule has 0 aliphatic carbocycles. The average Bonchev–Trinajstić information content (AvgIpc) is 2.53. The van der Waals surface area contributed by atoms with Crippen molar-refractivity contribution in [2.75, 3.05) is 0 Å². The molecule has 0 aromatic heterocycles. The van der Waals surface area contributed by atoms with Gasteiger partial charge in [0.1, 0.15) is 0 Å². The maximum absolute atomic E-state index is 12.2. The molecule has 0 amide bonds. The molecule has 0 spiro atoms. The van der Waals surface area contributed by atoms with E-state index < -0.39 is 11.9 Å². The standard InChI is InChI=1S/C18H14O5/c19-16(10-12-4-2-1-3-5-12)14-8-6-13(7-9-14)15(18(22)23)11-17(20)21/h1-9,11H,10H2,(H,20,21)(H,22,23)/b15-11-. The number of ketones is 1. The SMILES string of the molecule is O=C(O)/C=C(\C(=O)O)c1ccc(C(=O)Cc2ccccc2)cc1. The zero-order valence-electron chi connectivity index (χ0n) is 12.1. The van der Waals surface area contributed by atoms with Crippen molar-refractivity contribution in [1.29, 1.82) is 0 Å². The highest BCUT2D eigenvalue weighted by molar-refractivity contribution is 6.19. The van der Waals surface area contributed by atoms with Crippen LogP contribution in [0.2, 0.25) is 0 Å². The maximum Gasteiger partial charge on any atom is 0.336 e. The number of rotatable bonds is 6. The molecule has 0 aliphatic heterocycles. The first kappa shape index (κ1) is 16.2. The van der Waals surface area contributed by atoms with E-state index in [0.29, 0.717) is 11.6 Å². The quantitative estimate of drug-likeness (QED) is 0.632. The molecule has 2 rings (SSSR count). The van der Waals surface area contributed by atoms with Crippen molar-refractivity contribution >= 4 is 23.3 Å². The van der Waals surface area contributed by atoms with Gasteiger partial charge in [-0.15, -0.1) is 0 Å². The molecule has 0 saturated carbocycles. The highest BCUT2D eigenvalue weighted by Crippen LogP contribution is 2.17. The first-order valence-electron chi connectivity index (χ1n) is 6.83. The summed E-state index contributed by atoms with van der Waals surface area (Å²) in [5, 5.41) is 17.8. The molecule has 2 aromatic carbocycles. The second-order valence-corrected chi connectivity index (χ2v) is 4.86. The van der Waals surface area contributed by atoms with Gasteiger partial charge in [0.15, 0.2) is 5.78 Å². The van der Waals surface area contributed by atoms with E-state index in [1.165, 1.54) is 24.3 Å². The van der Waals surface area contributed by atoms with Gasteiger partial charge >= 0.3 is 11.9 Å². The molecular weight excluding hydrogens is 296 g/mol. The zero-order chi connectivity index (χ0) is 16.8. The lowest BCUT2D eigenvalue weighted by atomic mass is 9.99. The number of aliphatic carboxylic acids is 2. The van der Waals surface area contributed by atoms with Gasteiger partial charge in [-0.05, 0) is 11.1 Å². The van der Waals surface area contributed by atoms with Gasteiger partial charge in [0.2, 0.25) is 0 Å². The average molecular weight is 310 g/mol. The van der Waals surface area contributed by atoms with Crippen molar-refractivity contribution in [2.24, 2.45) is 0 Å². The van der Waals surface area contributed by atoms with Crippen molar-refractivity contribution in [3.8, 4) is 0 Å². The van der Waals surface area contributed by atoms with Crippen LogP contribution >= 0.6 is 0 Å². The Labute approximate surface area is 132 Å². The van der Waals surface area contributed by atoms with Crippen molar-refractivity contribution in [3.05, 3.63) is 77.4 Å². The first-order valence-corrected chi connectivity index (χ1v) is 6.83. The summed E-state index contributed by atoms with van der Waals surface area (Å²) in [4.78, 5) is 34.0. The van der Waals surface area contributed by atoms with E-state index in [1.807, 2.05) is 30.3 Å². The van der Waals surface area contributed by atoms with Gasteiger partial charge in [-0.25, -0.2) is 9.59 Å². The Morgan fingerprint density at radius 1 is 0.826 bits per heavy atom. The van der Waals surface area contributed by atoms with Gasteiger partial charge in [-0.1, -0.05) is 54.6 Å². The summed E-state index contributed by atoms with van der Waals surface area (Å²) in [5.41, 5.74) is 1.23. The summed E-state index contributed by atoms with van der Waals surface area (Å²) >= 11 is 0. The molecular formula is C18H14O5. The highest BCUT2D eigenvalue weighted by Gasteiger charge is 2.13. The first-order chi connectivity index (χ1) is 11.0. The monoisotopic (exact) mass is 310 g/mol. The topological polar surface area (TPSA) is 91.7 Å². The van der Waals surface area contributed by atoms with Crippen LogP contribution in [0.5, 0.6) is 0 Å². The largest absolute Gasteiger partial charge is 0.478 e. The normalized spacial score (nSPS) is 11.0. The number of Topliss-reactive ketones (excluding diaryl/α,β-unsaturated/α-hetero) is 1. The van der Waals surface area contributed by atoms with Gasteiger partial charge in [-0.2, -0.15) is 0 Å². The molecule has 5 heteroatoms. The number of carbonyl (C=O) groups is 3. The second-order valence-electron chi connectivity index (χ2n) is 4.86. The van der Waals surface area contributed by atoms with Gasteiger partial charge in [-0.3, -0.25) is 4.79 Å². The second kappa shape index (κ2) is 7.17. The predicted octanol–water partition coefficient (Wildman–Crippen LogP) is 2.66. The maximum atomic E-state index is 12.2. The van der Waals surface area contributed by atoms with Crippen molar-refractivity contribution < 1.29 is 24.6 Å². The Hall–Kier alpha value is -3.21. The predicted molar refractivity (Wildman–Crippen MR) is 84.2 cm³/mol. The number of benzene rings is 2. The summed E-state index contributed by atoms with van der Waals surface area (Å²) < 4.78 is 0. The molecule has 0 fully saturated rings. The molecule has 0 saturated heterocycles. The molecule has 2 aromatic rings. The van der Waals surface area contributed by atoms with Gasteiger partial charge < -0.3 is 10.2 Å². The summed E-state index contributed by atoms with van der Waals surface area (Å²) in [6.07, 6.45) is 0.875. The minimum atomic E-state index is -1.34. The van der Waals surface area contributed by atoms with E-state index in [9.17, 15) is 14.4 Å². The minimum Gasteiger partial charge on any atom is -0.478 e. The van der Waals surface area contributed by atoms with E-state index >= 15 is 0 Å². The zero-order valence-corrected chi connectivity index (χ0v) is 12.1. The fraction of sp³-hybridized carbons (Fsp3) is 0.0556. The Morgan fingerprint density at radius 3 is 1.91 bits per heavy atom. The molecule has 116 valence electrons. The van der Waals surface area contributed by atoms with Crippen molar-refractivity contribution in [2.45, 2.75) is 6.42 Å². The summed E-state index contributed by atoms with van der Waals surface area (Å²) in [5.74, 6) is -2.77. The molecule has 5 nitrogen and oxygen atoms in total. The number of hydrogen-bond acceptors (Lipinski definition) is 3. The third-order valence-corrected chi connectivity index (χ3v) is 3.22. The van der Waals surface area contributed by atoms with Gasteiger partial charge in [0.25, 0.3) is 0 Å². The lowest BCUT2D eigenvalue weighted by Gasteiger charge is -2.05. The van der Waals surface area contributed by atoms with Crippen LogP contribution in [0.1, 0.15) is 21.5 Å². The lowest BCUT2D eigenvalue weighted by molar-refractivity contribution is -0.133. The third kappa shape index (κ3) is 4.38. The molecule has 23 heavy (non-hydrogen) atoms. The number of hydrogen-bond donors (Lipinski definition) is 2. The van der Waals surface area contributed by atoms with E-state index in [2.05, 4.69) is 0 Å². The van der Waals surface area contributed by atoms with Crippen LogP contribution in [-0.2, 0) is 16.0 Å². The van der Waals surface area contributed by atoms with Gasteiger partial charge in [0, 0.05) is 18.1 Å². The molecule has 0 atom stereocenters. The third-order valence-electron chi connectivity index (χ3n) is 3.22. The fourth-order valence-electron chi connectivity index (χ4n) is 2.11. The summed E-state index contributed by atoms with van der Waals surface area (Å²) in [7, 11) is 0. The van der Waals surface area contributed by atoms with E-state index in [1.54, 1.807) is 0 Å². The Balaban J connectivity index is 2.20. The molecule has 0 heterocycles. The van der Waals surface area contributed by atoms with Crippen molar-refractivity contribution in [1.82, 2.24) is 0 Å². The highest BCUT2D eigenvalue weighted by atomic mass is 16.4. The number of carboxylic acid groups (broad SMARTS) is 2. The van der Waals surface area contributed by atoms with Crippen molar-refractivity contribution in [3.63, 3.8) is 0 Å². The van der Waals surface area contributed by atoms with Crippen LogP contribution in [0.4, 0.5) is 0 Å². The molecule has 2 N–H and O–H groups in total. The minimum absolute atomic E-state index is 0.0955. The van der Waals surface area contributed by atoms with Crippen LogP contribution in [0, 0.1) is 0 Å². The molecule has 0 bridgehead atoms. The van der Waals surface area contributed by atoms with Crippen LogP contribution in [0.3, 0.4) is 0 Å². The fourth-order valence-corrected chi connectivity index (χ4v) is 2.11. The lowest BCUT2D eigenvalue weighted by Crippen LogP contribution is -2.05. The van der Waals surface area contributed by atoms with Crippen LogP contribution in [0.25, 0.3) is 5.57 Å². The van der Waals surface area contributed by atoms with E-state index in [0.717, 1.165) is 5.56 Å². The Bertz CT molecular complexity index is 758.